The molecule has 1 aromatic rings. The Bertz CT molecular complexity index is 626. The van der Waals surface area contributed by atoms with Crippen molar-refractivity contribution < 1.29 is 9.53 Å². The molecule has 5 nitrogen and oxygen atoms in total. The van der Waals surface area contributed by atoms with Crippen molar-refractivity contribution in [2.45, 2.75) is 39.2 Å². The van der Waals surface area contributed by atoms with E-state index in [9.17, 15) is 10.1 Å². The standard InChI is InChI=1S/C18H24ClN3O2/c1-18(2,3)24-17(23)21-12-13-6-8-22(9-7-13)16-5-4-15(19)10-14(16)11-20/h4-5,10,13H,6-9,12H2,1-3H3,(H,21,23). The van der Waals surface area contributed by atoms with Crippen molar-refractivity contribution >= 4 is 23.4 Å². The van der Waals surface area contributed by atoms with Gasteiger partial charge in [-0.3, -0.25) is 0 Å². The zero-order chi connectivity index (χ0) is 17.7. The number of anilines is 1. The Morgan fingerprint density at radius 2 is 2.08 bits per heavy atom. The van der Waals surface area contributed by atoms with E-state index < -0.39 is 5.60 Å². The molecular formula is C18H24ClN3O2. The molecule has 1 aromatic carbocycles. The first-order valence-corrected chi connectivity index (χ1v) is 8.58. The summed E-state index contributed by atoms with van der Waals surface area (Å²) in [6, 6.07) is 7.62. The van der Waals surface area contributed by atoms with Gasteiger partial charge in [-0.25, -0.2) is 4.79 Å². The summed E-state index contributed by atoms with van der Waals surface area (Å²) < 4.78 is 5.25. The summed E-state index contributed by atoms with van der Waals surface area (Å²) in [5, 5.41) is 12.7. The fourth-order valence-electron chi connectivity index (χ4n) is 2.79. The van der Waals surface area contributed by atoms with Crippen LogP contribution in [0, 0.1) is 17.2 Å². The number of rotatable bonds is 3. The van der Waals surface area contributed by atoms with E-state index >= 15 is 0 Å². The van der Waals surface area contributed by atoms with Crippen LogP contribution in [0.4, 0.5) is 10.5 Å². The van der Waals surface area contributed by atoms with Gasteiger partial charge in [-0.05, 0) is 57.7 Å². The van der Waals surface area contributed by atoms with Gasteiger partial charge < -0.3 is 15.0 Å². The Balaban J connectivity index is 1.84. The molecule has 0 unspecified atom stereocenters. The molecule has 0 aromatic heterocycles. The maximum absolute atomic E-state index is 11.7. The van der Waals surface area contributed by atoms with Crippen molar-refractivity contribution in [3.63, 3.8) is 0 Å². The fraction of sp³-hybridized carbons (Fsp3) is 0.556. The Morgan fingerprint density at radius 3 is 2.67 bits per heavy atom. The third kappa shape index (κ3) is 5.31. The van der Waals surface area contributed by atoms with Crippen LogP contribution in [0.25, 0.3) is 0 Å². The largest absolute Gasteiger partial charge is 0.444 e. The van der Waals surface area contributed by atoms with Gasteiger partial charge in [-0.15, -0.1) is 0 Å². The van der Waals surface area contributed by atoms with E-state index in [2.05, 4.69) is 16.3 Å². The highest BCUT2D eigenvalue weighted by atomic mass is 35.5. The highest BCUT2D eigenvalue weighted by Gasteiger charge is 2.23. The maximum Gasteiger partial charge on any atom is 0.407 e. The van der Waals surface area contributed by atoms with Crippen LogP contribution in [-0.2, 0) is 4.74 Å². The van der Waals surface area contributed by atoms with Gasteiger partial charge in [0.1, 0.15) is 11.7 Å². The van der Waals surface area contributed by atoms with Crippen LogP contribution in [0.5, 0.6) is 0 Å². The van der Waals surface area contributed by atoms with Crippen LogP contribution in [0.15, 0.2) is 18.2 Å². The molecule has 24 heavy (non-hydrogen) atoms. The van der Waals surface area contributed by atoms with Crippen LogP contribution < -0.4 is 10.2 Å². The Kier molecular flexibility index (Phi) is 5.95. The summed E-state index contributed by atoms with van der Waals surface area (Å²) in [4.78, 5) is 13.9. The molecule has 0 radical (unpaired) electrons. The van der Waals surface area contributed by atoms with Crippen LogP contribution in [0.3, 0.4) is 0 Å². The summed E-state index contributed by atoms with van der Waals surface area (Å²) in [7, 11) is 0. The number of ether oxygens (including phenoxy) is 1. The Hall–Kier alpha value is -1.93. The molecule has 0 aliphatic carbocycles. The lowest BCUT2D eigenvalue weighted by atomic mass is 9.96. The first kappa shape index (κ1) is 18.4. The van der Waals surface area contributed by atoms with Crippen LogP contribution in [0.2, 0.25) is 5.02 Å². The molecule has 0 bridgehead atoms. The maximum atomic E-state index is 11.7. The van der Waals surface area contributed by atoms with E-state index in [1.54, 1.807) is 6.07 Å². The van der Waals surface area contributed by atoms with E-state index in [0.717, 1.165) is 31.6 Å². The minimum atomic E-state index is -0.476. The monoisotopic (exact) mass is 349 g/mol. The van der Waals surface area contributed by atoms with Gasteiger partial charge in [0.05, 0.1) is 11.3 Å². The van der Waals surface area contributed by atoms with E-state index in [4.69, 9.17) is 16.3 Å². The molecule has 1 aliphatic rings. The summed E-state index contributed by atoms with van der Waals surface area (Å²) in [6.07, 6.45) is 1.56. The molecule has 1 fully saturated rings. The molecule has 130 valence electrons. The number of nitriles is 1. The van der Waals surface area contributed by atoms with E-state index in [-0.39, 0.29) is 6.09 Å². The quantitative estimate of drug-likeness (QED) is 0.897. The molecule has 0 atom stereocenters. The number of nitrogens with one attached hydrogen (secondary N) is 1. The molecule has 1 saturated heterocycles. The summed E-state index contributed by atoms with van der Waals surface area (Å²) in [6.45, 7) is 7.89. The predicted molar refractivity (Wildman–Crippen MR) is 95.3 cm³/mol. The van der Waals surface area contributed by atoms with Crippen molar-refractivity contribution in [2.75, 3.05) is 24.5 Å². The average molecular weight is 350 g/mol. The van der Waals surface area contributed by atoms with Crippen molar-refractivity contribution in [3.8, 4) is 6.07 Å². The first-order chi connectivity index (χ1) is 11.3. The van der Waals surface area contributed by atoms with Crippen molar-refractivity contribution in [2.24, 2.45) is 5.92 Å². The summed E-state index contributed by atoms with van der Waals surface area (Å²) in [5.74, 6) is 0.423. The molecule has 1 heterocycles. The van der Waals surface area contributed by atoms with E-state index in [1.165, 1.54) is 0 Å². The number of hydrogen-bond acceptors (Lipinski definition) is 4. The number of benzene rings is 1. The van der Waals surface area contributed by atoms with E-state index in [1.807, 2.05) is 32.9 Å². The van der Waals surface area contributed by atoms with Gasteiger partial charge >= 0.3 is 6.09 Å². The second-order valence-corrected chi connectivity index (χ2v) is 7.52. The lowest BCUT2D eigenvalue weighted by Crippen LogP contribution is -2.40. The molecule has 6 heteroatoms. The lowest BCUT2D eigenvalue weighted by Gasteiger charge is -2.34. The van der Waals surface area contributed by atoms with Crippen molar-refractivity contribution in [3.05, 3.63) is 28.8 Å². The third-order valence-corrected chi connectivity index (χ3v) is 4.20. The molecule has 0 saturated carbocycles. The highest BCUT2D eigenvalue weighted by molar-refractivity contribution is 6.30. The lowest BCUT2D eigenvalue weighted by molar-refractivity contribution is 0.0517. The van der Waals surface area contributed by atoms with Crippen molar-refractivity contribution in [1.29, 1.82) is 5.26 Å². The normalized spacial score (nSPS) is 15.7. The number of halogens is 1. The Labute approximate surface area is 148 Å². The minimum absolute atomic E-state index is 0.366. The highest BCUT2D eigenvalue weighted by Crippen LogP contribution is 2.28. The molecular weight excluding hydrogens is 326 g/mol. The van der Waals surface area contributed by atoms with Gasteiger partial charge in [0.25, 0.3) is 0 Å². The van der Waals surface area contributed by atoms with Gasteiger partial charge in [-0.1, -0.05) is 11.6 Å². The van der Waals surface area contributed by atoms with E-state index in [0.29, 0.717) is 23.0 Å². The molecule has 2 rings (SSSR count). The van der Waals surface area contributed by atoms with Gasteiger partial charge in [0.2, 0.25) is 0 Å². The zero-order valence-corrected chi connectivity index (χ0v) is 15.2. The topological polar surface area (TPSA) is 65.4 Å². The molecule has 1 N–H and O–H groups in total. The number of nitrogens with zero attached hydrogens (tertiary/aromatic N) is 2. The summed E-state index contributed by atoms with van der Waals surface area (Å²) >= 11 is 5.95. The van der Waals surface area contributed by atoms with Gasteiger partial charge in [0, 0.05) is 24.7 Å². The van der Waals surface area contributed by atoms with Crippen LogP contribution in [0.1, 0.15) is 39.2 Å². The number of hydrogen-bond donors (Lipinski definition) is 1. The molecule has 1 aliphatic heterocycles. The predicted octanol–water partition coefficient (Wildman–Crippen LogP) is 3.95. The van der Waals surface area contributed by atoms with Gasteiger partial charge in [-0.2, -0.15) is 5.26 Å². The smallest absolute Gasteiger partial charge is 0.407 e. The number of piperidine rings is 1. The number of carbonyl (C=O) groups is 1. The SMILES string of the molecule is CC(C)(C)OC(=O)NCC1CCN(c2ccc(Cl)cc2C#N)CC1. The first-order valence-electron chi connectivity index (χ1n) is 8.20. The third-order valence-electron chi connectivity index (χ3n) is 3.97. The number of amides is 1. The second kappa shape index (κ2) is 7.76. The van der Waals surface area contributed by atoms with Gasteiger partial charge in [0.15, 0.2) is 0 Å². The fourth-order valence-corrected chi connectivity index (χ4v) is 2.97. The number of carbonyl (C=O) groups excluding carboxylic acids is 1. The van der Waals surface area contributed by atoms with Crippen LogP contribution in [-0.4, -0.2) is 31.3 Å². The minimum Gasteiger partial charge on any atom is -0.444 e. The molecule has 1 amide bonds. The zero-order valence-electron chi connectivity index (χ0n) is 14.4. The molecule has 0 spiro atoms. The number of alkyl carbamates (subject to hydrolysis) is 1. The average Bonchev–Trinajstić information content (AvgIpc) is 2.52. The van der Waals surface area contributed by atoms with Crippen LogP contribution >= 0.6 is 11.6 Å². The van der Waals surface area contributed by atoms with Crippen molar-refractivity contribution in [1.82, 2.24) is 5.32 Å². The Morgan fingerprint density at radius 1 is 1.42 bits per heavy atom. The summed E-state index contributed by atoms with van der Waals surface area (Å²) in [5.41, 5.74) is 1.06. The second-order valence-electron chi connectivity index (χ2n) is 7.09.